The van der Waals surface area contributed by atoms with E-state index >= 15 is 0 Å². The van der Waals surface area contributed by atoms with Gasteiger partial charge in [0.1, 0.15) is 0 Å². The number of nitrogens with zero attached hydrogens (tertiary/aromatic N) is 1. The minimum Gasteiger partial charge on any atom is -0.481 e. The predicted molar refractivity (Wildman–Crippen MR) is 56.3 cm³/mol. The first kappa shape index (κ1) is 11.5. The molecule has 0 saturated carbocycles. The van der Waals surface area contributed by atoms with Gasteiger partial charge < -0.3 is 15.8 Å². The topological polar surface area (TPSA) is 77.2 Å². The molecule has 5 nitrogen and oxygen atoms in total. The fraction of sp³-hybridized carbons (Fsp3) is 0.400. The zero-order chi connectivity index (χ0) is 11.3. The summed E-state index contributed by atoms with van der Waals surface area (Å²) >= 11 is 0. The number of rotatable bonds is 4. The van der Waals surface area contributed by atoms with Crippen molar-refractivity contribution in [3.8, 4) is 5.88 Å². The molecule has 1 atom stereocenters. The van der Waals surface area contributed by atoms with E-state index in [9.17, 15) is 4.79 Å². The van der Waals surface area contributed by atoms with Crippen molar-refractivity contribution >= 4 is 5.91 Å². The smallest absolute Gasteiger partial charge is 0.236 e. The van der Waals surface area contributed by atoms with E-state index in [1.807, 2.05) is 6.07 Å². The Labute approximate surface area is 88.6 Å². The van der Waals surface area contributed by atoms with Gasteiger partial charge in [-0.25, -0.2) is 4.98 Å². The molecular weight excluding hydrogens is 194 g/mol. The lowest BCUT2D eigenvalue weighted by molar-refractivity contribution is -0.122. The van der Waals surface area contributed by atoms with Crippen LogP contribution in [0.1, 0.15) is 12.5 Å². The Morgan fingerprint density at radius 3 is 2.87 bits per heavy atom. The number of carbonyl (C=O) groups excluding carboxylic acids is 1. The van der Waals surface area contributed by atoms with E-state index in [2.05, 4.69) is 10.3 Å². The lowest BCUT2D eigenvalue weighted by Gasteiger charge is -2.07. The van der Waals surface area contributed by atoms with Gasteiger partial charge in [-0.15, -0.1) is 0 Å². The van der Waals surface area contributed by atoms with E-state index in [0.717, 1.165) is 5.56 Å². The molecular formula is C10H15N3O2. The highest BCUT2D eigenvalue weighted by Crippen LogP contribution is 2.05. The average Bonchev–Trinajstić information content (AvgIpc) is 2.26. The quantitative estimate of drug-likeness (QED) is 0.734. The number of nitrogens with two attached hydrogens (primary N) is 1. The molecule has 3 N–H and O–H groups in total. The standard InChI is InChI=1S/C10H15N3O2/c1-7(11)10(14)13-6-8-3-4-9(15-2)12-5-8/h3-5,7H,6,11H2,1-2H3,(H,13,14). The fourth-order valence-electron chi connectivity index (χ4n) is 0.986. The van der Waals surface area contributed by atoms with Crippen LogP contribution >= 0.6 is 0 Å². The summed E-state index contributed by atoms with van der Waals surface area (Å²) < 4.78 is 4.91. The molecule has 1 unspecified atom stereocenters. The predicted octanol–water partition coefficient (Wildman–Crippen LogP) is 0.0536. The van der Waals surface area contributed by atoms with Crippen molar-refractivity contribution in [1.29, 1.82) is 0 Å². The highest BCUT2D eigenvalue weighted by molar-refractivity contribution is 5.80. The van der Waals surface area contributed by atoms with E-state index in [1.165, 1.54) is 0 Å². The number of ether oxygens (including phenoxy) is 1. The molecule has 0 saturated heterocycles. The van der Waals surface area contributed by atoms with Crippen LogP contribution in [0.2, 0.25) is 0 Å². The van der Waals surface area contributed by atoms with Crippen LogP contribution in [0.5, 0.6) is 5.88 Å². The van der Waals surface area contributed by atoms with Crippen LogP contribution in [0, 0.1) is 0 Å². The molecule has 1 amide bonds. The summed E-state index contributed by atoms with van der Waals surface area (Å²) in [6.07, 6.45) is 1.65. The average molecular weight is 209 g/mol. The largest absolute Gasteiger partial charge is 0.481 e. The highest BCUT2D eigenvalue weighted by atomic mass is 16.5. The molecule has 5 heteroatoms. The molecule has 1 heterocycles. The van der Waals surface area contributed by atoms with Crippen molar-refractivity contribution in [3.05, 3.63) is 23.9 Å². The lowest BCUT2D eigenvalue weighted by atomic mass is 10.2. The van der Waals surface area contributed by atoms with E-state index in [1.54, 1.807) is 26.3 Å². The van der Waals surface area contributed by atoms with Gasteiger partial charge in [-0.1, -0.05) is 6.07 Å². The number of carbonyl (C=O) groups is 1. The number of pyridine rings is 1. The molecule has 0 radical (unpaired) electrons. The molecule has 1 aromatic rings. The molecule has 0 aromatic carbocycles. The Bertz CT molecular complexity index is 322. The van der Waals surface area contributed by atoms with Gasteiger partial charge in [0.15, 0.2) is 0 Å². The van der Waals surface area contributed by atoms with Gasteiger partial charge in [-0.05, 0) is 12.5 Å². The first-order valence-corrected chi connectivity index (χ1v) is 4.65. The maximum absolute atomic E-state index is 11.2. The Kier molecular flexibility index (Phi) is 4.05. The van der Waals surface area contributed by atoms with Crippen LogP contribution in [-0.4, -0.2) is 24.0 Å². The molecule has 1 aromatic heterocycles. The van der Waals surface area contributed by atoms with E-state index < -0.39 is 6.04 Å². The van der Waals surface area contributed by atoms with Crippen molar-refractivity contribution in [2.24, 2.45) is 5.73 Å². The molecule has 0 fully saturated rings. The Morgan fingerprint density at radius 1 is 1.67 bits per heavy atom. The molecule has 0 bridgehead atoms. The molecule has 0 aliphatic rings. The zero-order valence-electron chi connectivity index (χ0n) is 8.86. The molecule has 0 aliphatic heterocycles. The molecule has 0 aliphatic carbocycles. The fourth-order valence-corrected chi connectivity index (χ4v) is 0.986. The number of hydrogen-bond acceptors (Lipinski definition) is 4. The summed E-state index contributed by atoms with van der Waals surface area (Å²) in [6, 6.07) is 3.09. The summed E-state index contributed by atoms with van der Waals surface area (Å²) in [5, 5.41) is 2.69. The van der Waals surface area contributed by atoms with Crippen LogP contribution < -0.4 is 15.8 Å². The van der Waals surface area contributed by atoms with E-state index in [-0.39, 0.29) is 5.91 Å². The third-order valence-corrected chi connectivity index (χ3v) is 1.89. The summed E-state index contributed by atoms with van der Waals surface area (Å²) in [4.78, 5) is 15.2. The van der Waals surface area contributed by atoms with Crippen LogP contribution in [0.25, 0.3) is 0 Å². The minimum atomic E-state index is -0.490. The minimum absolute atomic E-state index is 0.175. The van der Waals surface area contributed by atoms with Gasteiger partial charge >= 0.3 is 0 Å². The van der Waals surface area contributed by atoms with Crippen molar-refractivity contribution in [3.63, 3.8) is 0 Å². The van der Waals surface area contributed by atoms with Gasteiger partial charge in [-0.3, -0.25) is 4.79 Å². The highest BCUT2D eigenvalue weighted by Gasteiger charge is 2.06. The Morgan fingerprint density at radius 2 is 2.40 bits per heavy atom. The number of hydrogen-bond donors (Lipinski definition) is 2. The summed E-state index contributed by atoms with van der Waals surface area (Å²) in [5.41, 5.74) is 6.31. The number of amides is 1. The van der Waals surface area contributed by atoms with E-state index in [0.29, 0.717) is 12.4 Å². The first-order valence-electron chi connectivity index (χ1n) is 4.65. The van der Waals surface area contributed by atoms with Gasteiger partial charge in [0.25, 0.3) is 0 Å². The number of methoxy groups -OCH3 is 1. The molecule has 1 rings (SSSR count). The summed E-state index contributed by atoms with van der Waals surface area (Å²) in [6.45, 7) is 2.07. The second kappa shape index (κ2) is 5.31. The Balaban J connectivity index is 2.47. The molecule has 82 valence electrons. The lowest BCUT2D eigenvalue weighted by Crippen LogP contribution is -2.37. The van der Waals surface area contributed by atoms with Crippen molar-refractivity contribution < 1.29 is 9.53 Å². The van der Waals surface area contributed by atoms with Crippen LogP contribution in [0.15, 0.2) is 18.3 Å². The third-order valence-electron chi connectivity index (χ3n) is 1.89. The van der Waals surface area contributed by atoms with Crippen molar-refractivity contribution in [1.82, 2.24) is 10.3 Å². The van der Waals surface area contributed by atoms with Crippen LogP contribution in [0.3, 0.4) is 0 Å². The van der Waals surface area contributed by atoms with E-state index in [4.69, 9.17) is 10.5 Å². The van der Waals surface area contributed by atoms with Gasteiger partial charge in [0, 0.05) is 18.8 Å². The van der Waals surface area contributed by atoms with Crippen LogP contribution in [-0.2, 0) is 11.3 Å². The number of nitrogens with one attached hydrogen (secondary N) is 1. The Hall–Kier alpha value is -1.62. The molecule has 0 spiro atoms. The molecule has 15 heavy (non-hydrogen) atoms. The third kappa shape index (κ3) is 3.55. The summed E-state index contributed by atoms with van der Waals surface area (Å²) in [7, 11) is 1.56. The van der Waals surface area contributed by atoms with Crippen molar-refractivity contribution in [2.45, 2.75) is 19.5 Å². The monoisotopic (exact) mass is 209 g/mol. The second-order valence-corrected chi connectivity index (χ2v) is 3.22. The van der Waals surface area contributed by atoms with Crippen LogP contribution in [0.4, 0.5) is 0 Å². The van der Waals surface area contributed by atoms with Crippen molar-refractivity contribution in [2.75, 3.05) is 7.11 Å². The summed E-state index contributed by atoms with van der Waals surface area (Å²) in [5.74, 6) is 0.378. The normalized spacial score (nSPS) is 11.9. The maximum Gasteiger partial charge on any atom is 0.236 e. The number of aromatic nitrogens is 1. The SMILES string of the molecule is COc1ccc(CNC(=O)C(C)N)cn1. The zero-order valence-corrected chi connectivity index (χ0v) is 8.86. The second-order valence-electron chi connectivity index (χ2n) is 3.22. The van der Waals surface area contributed by atoms with Gasteiger partial charge in [-0.2, -0.15) is 0 Å². The first-order chi connectivity index (χ1) is 7.13. The van der Waals surface area contributed by atoms with Gasteiger partial charge in [0.05, 0.1) is 13.2 Å². The maximum atomic E-state index is 11.2. The van der Waals surface area contributed by atoms with Gasteiger partial charge in [0.2, 0.25) is 11.8 Å².